The number of amides is 3. The first-order chi connectivity index (χ1) is 12.6. The van der Waals surface area contributed by atoms with Crippen LogP contribution in [0.5, 0.6) is 0 Å². The summed E-state index contributed by atoms with van der Waals surface area (Å²) in [6.45, 7) is 4.14. The number of piperidine rings is 1. The molecule has 8 nitrogen and oxygen atoms in total. The standard InChI is InChI=1S/C17H26N4O4S/c22-15(14-4-3-13-8-20(14)16(23)21(13)25-26-24)18-12-5-17(6-12)9-19(10-17)7-11-1-2-11/h11-14,24H,1-10H2,(H,18,22)/t13-,14?/m1/s1. The van der Waals surface area contributed by atoms with Crippen molar-refractivity contribution in [3.8, 4) is 0 Å². The van der Waals surface area contributed by atoms with E-state index in [-0.39, 0.29) is 36.3 Å². The SMILES string of the molecule is O=C(NC1CC2(C1)CN(CC1CC1)C2)C1CC[C@@H]2CN1C(=O)N2OSO. The fourth-order valence-corrected chi connectivity index (χ4v) is 5.64. The molecule has 3 aliphatic heterocycles. The van der Waals surface area contributed by atoms with E-state index >= 15 is 0 Å². The zero-order valence-corrected chi connectivity index (χ0v) is 15.6. The van der Waals surface area contributed by atoms with E-state index in [9.17, 15) is 9.59 Å². The van der Waals surface area contributed by atoms with Gasteiger partial charge in [-0.2, -0.15) is 9.35 Å². The van der Waals surface area contributed by atoms with Gasteiger partial charge in [0.2, 0.25) is 5.91 Å². The van der Waals surface area contributed by atoms with Gasteiger partial charge in [0.1, 0.15) is 6.04 Å². The highest BCUT2D eigenvalue weighted by molar-refractivity contribution is 7.88. The second-order valence-electron chi connectivity index (χ2n) is 8.88. The molecule has 3 heterocycles. The average molecular weight is 382 g/mol. The van der Waals surface area contributed by atoms with Crippen molar-refractivity contribution in [3.05, 3.63) is 0 Å². The summed E-state index contributed by atoms with van der Waals surface area (Å²) in [5.74, 6) is 0.910. The summed E-state index contributed by atoms with van der Waals surface area (Å²) in [4.78, 5) is 29.2. The predicted octanol–water partition coefficient (Wildman–Crippen LogP) is 1.30. The van der Waals surface area contributed by atoms with Crippen molar-refractivity contribution in [1.29, 1.82) is 0 Å². The molecule has 9 heteroatoms. The van der Waals surface area contributed by atoms with Crippen LogP contribution in [0, 0.1) is 11.3 Å². The molecule has 3 amide bonds. The third kappa shape index (κ3) is 2.89. The van der Waals surface area contributed by atoms with Gasteiger partial charge < -0.3 is 19.7 Å². The van der Waals surface area contributed by atoms with Crippen molar-refractivity contribution in [1.82, 2.24) is 20.2 Å². The fourth-order valence-electron chi connectivity index (χ4n) is 5.38. The van der Waals surface area contributed by atoms with E-state index in [0.717, 1.165) is 18.8 Å². The van der Waals surface area contributed by atoms with Crippen molar-refractivity contribution in [3.63, 3.8) is 0 Å². The Morgan fingerprint density at radius 3 is 2.73 bits per heavy atom. The molecule has 0 aromatic rings. The van der Waals surface area contributed by atoms with Crippen molar-refractivity contribution >= 4 is 24.3 Å². The molecule has 1 spiro atoms. The first-order valence-corrected chi connectivity index (χ1v) is 10.4. The molecule has 5 fully saturated rings. The lowest BCUT2D eigenvalue weighted by molar-refractivity contribution is -0.132. The van der Waals surface area contributed by atoms with E-state index < -0.39 is 6.04 Å². The number of hydroxylamine groups is 2. The van der Waals surface area contributed by atoms with Crippen LogP contribution in [0.4, 0.5) is 4.79 Å². The highest BCUT2D eigenvalue weighted by Crippen LogP contribution is 2.49. The van der Waals surface area contributed by atoms with Gasteiger partial charge in [0.05, 0.1) is 6.04 Å². The smallest absolute Gasteiger partial charge is 0.346 e. The maximum Gasteiger partial charge on any atom is 0.346 e. The van der Waals surface area contributed by atoms with Gasteiger partial charge in [-0.05, 0) is 49.9 Å². The molecule has 5 aliphatic rings. The topological polar surface area (TPSA) is 85.4 Å². The lowest BCUT2D eigenvalue weighted by Crippen LogP contribution is -2.67. The normalized spacial score (nSPS) is 33.3. The summed E-state index contributed by atoms with van der Waals surface area (Å²) in [6.07, 6.45) is 6.30. The quantitative estimate of drug-likeness (QED) is 0.674. The number of likely N-dealkylation sites (tertiary alicyclic amines) is 1. The van der Waals surface area contributed by atoms with Crippen LogP contribution >= 0.6 is 12.3 Å². The second-order valence-corrected chi connectivity index (χ2v) is 9.18. The molecular weight excluding hydrogens is 356 g/mol. The van der Waals surface area contributed by atoms with E-state index in [0.29, 0.717) is 24.8 Å². The van der Waals surface area contributed by atoms with Gasteiger partial charge in [-0.25, -0.2) is 4.79 Å². The Morgan fingerprint density at radius 1 is 1.27 bits per heavy atom. The molecular formula is C17H26N4O4S. The zero-order chi connectivity index (χ0) is 17.9. The number of urea groups is 1. The number of fused-ring (bicyclic) bond motifs is 2. The van der Waals surface area contributed by atoms with Crippen LogP contribution in [0.15, 0.2) is 0 Å². The van der Waals surface area contributed by atoms with Crippen molar-refractivity contribution in [2.75, 3.05) is 26.2 Å². The van der Waals surface area contributed by atoms with Crippen LogP contribution < -0.4 is 5.32 Å². The van der Waals surface area contributed by atoms with E-state index in [1.165, 1.54) is 37.5 Å². The summed E-state index contributed by atoms with van der Waals surface area (Å²) in [5, 5.41) is 4.36. The Bertz CT molecular complexity index is 602. The third-order valence-corrected chi connectivity index (χ3v) is 7.00. The van der Waals surface area contributed by atoms with Gasteiger partial charge in [-0.15, -0.1) is 0 Å². The minimum Gasteiger partial charge on any atom is -0.352 e. The number of carbonyl (C=O) groups excluding carboxylic acids is 2. The van der Waals surface area contributed by atoms with E-state index in [4.69, 9.17) is 8.84 Å². The molecule has 0 aromatic carbocycles. The molecule has 2 atom stereocenters. The monoisotopic (exact) mass is 382 g/mol. The van der Waals surface area contributed by atoms with Crippen LogP contribution in [0.25, 0.3) is 0 Å². The van der Waals surface area contributed by atoms with Gasteiger partial charge >= 0.3 is 6.03 Å². The summed E-state index contributed by atoms with van der Waals surface area (Å²) < 4.78 is 13.8. The predicted molar refractivity (Wildman–Crippen MR) is 94.8 cm³/mol. The second kappa shape index (κ2) is 6.25. The van der Waals surface area contributed by atoms with Crippen LogP contribution in [-0.4, -0.2) is 75.7 Å². The zero-order valence-electron chi connectivity index (χ0n) is 14.8. The number of nitrogens with zero attached hydrogens (tertiary/aromatic N) is 3. The molecule has 5 rings (SSSR count). The maximum absolute atomic E-state index is 12.7. The molecule has 2 bridgehead atoms. The first-order valence-electron chi connectivity index (χ1n) is 9.68. The summed E-state index contributed by atoms with van der Waals surface area (Å²) >= 11 is 0.175. The number of rotatable bonds is 6. The molecule has 2 aliphatic carbocycles. The van der Waals surface area contributed by atoms with E-state index in [2.05, 4.69) is 10.2 Å². The van der Waals surface area contributed by atoms with Gasteiger partial charge in [-0.3, -0.25) is 4.79 Å². The molecule has 2 saturated carbocycles. The number of hydrogen-bond acceptors (Lipinski definition) is 6. The van der Waals surface area contributed by atoms with Crippen LogP contribution in [0.3, 0.4) is 0 Å². The Balaban J connectivity index is 1.10. The Morgan fingerprint density at radius 2 is 2.04 bits per heavy atom. The van der Waals surface area contributed by atoms with Crippen LogP contribution in [0.2, 0.25) is 0 Å². The first kappa shape index (κ1) is 17.1. The highest BCUT2D eigenvalue weighted by Gasteiger charge is 2.54. The molecule has 1 unspecified atom stereocenters. The Kier molecular flexibility index (Phi) is 4.11. The van der Waals surface area contributed by atoms with E-state index in [1.54, 1.807) is 4.90 Å². The maximum atomic E-state index is 12.7. The summed E-state index contributed by atoms with van der Waals surface area (Å²) in [7, 11) is 0. The Hall–Kier alpha value is -1.03. The van der Waals surface area contributed by atoms with Crippen LogP contribution in [-0.2, 0) is 9.08 Å². The van der Waals surface area contributed by atoms with Gasteiger partial charge in [0, 0.05) is 32.2 Å². The molecule has 0 aromatic heterocycles. The summed E-state index contributed by atoms with van der Waals surface area (Å²) in [5.41, 5.74) is 0.441. The minimum atomic E-state index is -0.416. The molecule has 0 radical (unpaired) electrons. The fraction of sp³-hybridized carbons (Fsp3) is 0.882. The van der Waals surface area contributed by atoms with Crippen molar-refractivity contribution in [2.24, 2.45) is 11.3 Å². The van der Waals surface area contributed by atoms with Gasteiger partial charge in [-0.1, -0.05) is 0 Å². The number of nitrogens with one attached hydrogen (secondary N) is 1. The summed E-state index contributed by atoms with van der Waals surface area (Å²) in [6, 6.07) is -0.568. The minimum absolute atomic E-state index is 0.0377. The Labute approximate surface area is 157 Å². The lowest BCUT2D eigenvalue weighted by Gasteiger charge is -2.59. The molecule has 144 valence electrons. The number of carbonyl (C=O) groups is 2. The molecule has 2 N–H and O–H groups in total. The average Bonchev–Trinajstić information content (AvgIpc) is 3.35. The lowest BCUT2D eigenvalue weighted by atomic mass is 9.60. The highest BCUT2D eigenvalue weighted by atomic mass is 32.2. The van der Waals surface area contributed by atoms with Crippen LogP contribution in [0.1, 0.15) is 38.5 Å². The molecule has 26 heavy (non-hydrogen) atoms. The van der Waals surface area contributed by atoms with Gasteiger partial charge in [0.25, 0.3) is 0 Å². The van der Waals surface area contributed by atoms with E-state index in [1.807, 2.05) is 0 Å². The number of hydrogen-bond donors (Lipinski definition) is 2. The molecule has 3 saturated heterocycles. The third-order valence-electron chi connectivity index (χ3n) is 6.78. The van der Waals surface area contributed by atoms with Gasteiger partial charge in [0.15, 0.2) is 12.3 Å². The largest absolute Gasteiger partial charge is 0.352 e. The van der Waals surface area contributed by atoms with Crippen molar-refractivity contribution in [2.45, 2.75) is 56.7 Å². The van der Waals surface area contributed by atoms with Crippen molar-refractivity contribution < 1.29 is 18.4 Å².